The molecule has 0 bridgehead atoms. The average Bonchev–Trinajstić information content (AvgIpc) is 2.58. The van der Waals surface area contributed by atoms with Crippen molar-refractivity contribution in [3.63, 3.8) is 0 Å². The molecule has 0 unspecified atom stereocenters. The van der Waals surface area contributed by atoms with Crippen LogP contribution in [-0.4, -0.2) is 24.0 Å². The summed E-state index contributed by atoms with van der Waals surface area (Å²) in [5.41, 5.74) is 11.6. The summed E-state index contributed by atoms with van der Waals surface area (Å²) in [5.74, 6) is 0. The Hall–Kier alpha value is -0.860. The highest BCUT2D eigenvalue weighted by Crippen LogP contribution is 2.20. The van der Waals surface area contributed by atoms with E-state index in [9.17, 15) is 0 Å². The van der Waals surface area contributed by atoms with Crippen LogP contribution in [0.3, 0.4) is 0 Å². The fraction of sp³-hybridized carbons (Fsp3) is 0.571. The van der Waals surface area contributed by atoms with E-state index in [4.69, 9.17) is 5.73 Å². The predicted octanol–water partition coefficient (Wildman–Crippen LogP) is 2.14. The average molecular weight is 218 g/mol. The third-order valence-corrected chi connectivity index (χ3v) is 3.53. The van der Waals surface area contributed by atoms with Gasteiger partial charge < -0.3 is 5.73 Å². The van der Waals surface area contributed by atoms with Gasteiger partial charge in [-0.25, -0.2) is 0 Å². The maximum absolute atomic E-state index is 5.94. The molecule has 0 saturated carbocycles. The first kappa shape index (κ1) is 11.6. The van der Waals surface area contributed by atoms with Crippen LogP contribution in [0.25, 0.3) is 0 Å². The Morgan fingerprint density at radius 2 is 1.88 bits per heavy atom. The Bertz CT molecular complexity index is 361. The van der Waals surface area contributed by atoms with Gasteiger partial charge in [0.15, 0.2) is 0 Å². The van der Waals surface area contributed by atoms with Crippen LogP contribution in [0.4, 0.5) is 0 Å². The SMILES string of the molecule is Cc1cc(C)c(CN2CC[C@H](N)C2)c(C)c1. The minimum atomic E-state index is 0.381. The van der Waals surface area contributed by atoms with Gasteiger partial charge in [0.1, 0.15) is 0 Å². The first-order valence-corrected chi connectivity index (χ1v) is 6.11. The van der Waals surface area contributed by atoms with Gasteiger partial charge in [0.2, 0.25) is 0 Å². The summed E-state index contributed by atoms with van der Waals surface area (Å²) in [6.07, 6.45) is 1.14. The summed E-state index contributed by atoms with van der Waals surface area (Å²) >= 11 is 0. The zero-order chi connectivity index (χ0) is 11.7. The second-order valence-electron chi connectivity index (χ2n) is 5.16. The van der Waals surface area contributed by atoms with Gasteiger partial charge in [0.25, 0.3) is 0 Å². The van der Waals surface area contributed by atoms with Crippen molar-refractivity contribution in [3.8, 4) is 0 Å². The lowest BCUT2D eigenvalue weighted by molar-refractivity contribution is 0.325. The predicted molar refractivity (Wildman–Crippen MR) is 68.5 cm³/mol. The van der Waals surface area contributed by atoms with Crippen molar-refractivity contribution in [2.45, 2.75) is 39.8 Å². The molecule has 0 amide bonds. The van der Waals surface area contributed by atoms with Gasteiger partial charge in [-0.2, -0.15) is 0 Å². The van der Waals surface area contributed by atoms with Gasteiger partial charge in [-0.3, -0.25) is 4.90 Å². The Morgan fingerprint density at radius 3 is 2.38 bits per heavy atom. The molecular weight excluding hydrogens is 196 g/mol. The smallest absolute Gasteiger partial charge is 0.0239 e. The molecule has 2 N–H and O–H groups in total. The summed E-state index contributed by atoms with van der Waals surface area (Å²) in [4.78, 5) is 2.47. The third kappa shape index (κ3) is 2.45. The molecular formula is C14H22N2. The van der Waals surface area contributed by atoms with Crippen LogP contribution < -0.4 is 5.73 Å². The number of nitrogens with two attached hydrogens (primary N) is 1. The molecule has 1 fully saturated rings. The molecule has 88 valence electrons. The molecule has 1 aromatic rings. The van der Waals surface area contributed by atoms with Gasteiger partial charge in [-0.1, -0.05) is 17.7 Å². The summed E-state index contributed by atoms with van der Waals surface area (Å²) in [5, 5.41) is 0. The minimum absolute atomic E-state index is 0.381. The Morgan fingerprint density at radius 1 is 1.25 bits per heavy atom. The van der Waals surface area contributed by atoms with Gasteiger partial charge in [-0.05, 0) is 43.9 Å². The quantitative estimate of drug-likeness (QED) is 0.824. The Kier molecular flexibility index (Phi) is 3.31. The highest BCUT2D eigenvalue weighted by Gasteiger charge is 2.19. The highest BCUT2D eigenvalue weighted by molar-refractivity contribution is 5.37. The van der Waals surface area contributed by atoms with E-state index in [0.717, 1.165) is 26.1 Å². The lowest BCUT2D eigenvalue weighted by atomic mass is 9.99. The summed E-state index contributed by atoms with van der Waals surface area (Å²) in [7, 11) is 0. The molecule has 0 spiro atoms. The molecule has 0 aliphatic carbocycles. The van der Waals surface area contributed by atoms with Crippen molar-refractivity contribution in [2.75, 3.05) is 13.1 Å². The molecule has 2 heteroatoms. The van der Waals surface area contributed by atoms with Crippen molar-refractivity contribution >= 4 is 0 Å². The number of hydrogen-bond donors (Lipinski definition) is 1. The second-order valence-corrected chi connectivity index (χ2v) is 5.16. The van der Waals surface area contributed by atoms with Crippen LogP contribution in [0.1, 0.15) is 28.7 Å². The van der Waals surface area contributed by atoms with E-state index in [1.807, 2.05) is 0 Å². The van der Waals surface area contributed by atoms with Crippen LogP contribution in [0.15, 0.2) is 12.1 Å². The molecule has 2 nitrogen and oxygen atoms in total. The molecule has 1 aromatic carbocycles. The van der Waals surface area contributed by atoms with Crippen molar-refractivity contribution in [1.82, 2.24) is 4.90 Å². The van der Waals surface area contributed by atoms with E-state index in [1.165, 1.54) is 22.3 Å². The molecule has 0 radical (unpaired) electrons. The zero-order valence-corrected chi connectivity index (χ0v) is 10.6. The number of likely N-dealkylation sites (tertiary alicyclic amines) is 1. The molecule has 1 heterocycles. The lowest BCUT2D eigenvalue weighted by Crippen LogP contribution is -2.26. The normalized spacial score (nSPS) is 21.6. The summed E-state index contributed by atoms with van der Waals surface area (Å²) in [6.45, 7) is 9.85. The number of rotatable bonds is 2. The third-order valence-electron chi connectivity index (χ3n) is 3.53. The highest BCUT2D eigenvalue weighted by atomic mass is 15.2. The number of nitrogens with zero attached hydrogens (tertiary/aromatic N) is 1. The van der Waals surface area contributed by atoms with Crippen molar-refractivity contribution < 1.29 is 0 Å². The van der Waals surface area contributed by atoms with Crippen LogP contribution in [0.2, 0.25) is 0 Å². The second kappa shape index (κ2) is 4.56. The van der Waals surface area contributed by atoms with E-state index < -0.39 is 0 Å². The van der Waals surface area contributed by atoms with Gasteiger partial charge >= 0.3 is 0 Å². The number of hydrogen-bond acceptors (Lipinski definition) is 2. The van der Waals surface area contributed by atoms with Gasteiger partial charge in [0, 0.05) is 25.7 Å². The minimum Gasteiger partial charge on any atom is -0.326 e. The largest absolute Gasteiger partial charge is 0.326 e. The lowest BCUT2D eigenvalue weighted by Gasteiger charge is -2.19. The van der Waals surface area contributed by atoms with E-state index in [1.54, 1.807) is 0 Å². The van der Waals surface area contributed by atoms with Gasteiger partial charge in [-0.15, -0.1) is 0 Å². The fourth-order valence-electron chi connectivity index (χ4n) is 2.69. The monoisotopic (exact) mass is 218 g/mol. The molecule has 1 atom stereocenters. The van der Waals surface area contributed by atoms with E-state index in [-0.39, 0.29) is 0 Å². The number of benzene rings is 1. The van der Waals surface area contributed by atoms with Crippen molar-refractivity contribution in [2.24, 2.45) is 5.73 Å². The van der Waals surface area contributed by atoms with Crippen LogP contribution in [-0.2, 0) is 6.54 Å². The molecule has 2 rings (SSSR count). The zero-order valence-electron chi connectivity index (χ0n) is 10.6. The van der Waals surface area contributed by atoms with Crippen LogP contribution in [0, 0.1) is 20.8 Å². The van der Waals surface area contributed by atoms with Crippen molar-refractivity contribution in [3.05, 3.63) is 34.4 Å². The maximum atomic E-state index is 5.94. The van der Waals surface area contributed by atoms with Crippen LogP contribution >= 0.6 is 0 Å². The molecule has 1 aliphatic rings. The first-order valence-electron chi connectivity index (χ1n) is 6.11. The Balaban J connectivity index is 2.15. The summed E-state index contributed by atoms with van der Waals surface area (Å²) < 4.78 is 0. The van der Waals surface area contributed by atoms with Gasteiger partial charge in [0.05, 0.1) is 0 Å². The Labute approximate surface area is 98.4 Å². The van der Waals surface area contributed by atoms with Crippen LogP contribution in [0.5, 0.6) is 0 Å². The topological polar surface area (TPSA) is 29.3 Å². The molecule has 16 heavy (non-hydrogen) atoms. The van der Waals surface area contributed by atoms with Crippen molar-refractivity contribution in [1.29, 1.82) is 0 Å². The molecule has 1 saturated heterocycles. The van der Waals surface area contributed by atoms with E-state index in [2.05, 4.69) is 37.8 Å². The first-order chi connectivity index (χ1) is 7.56. The van der Waals surface area contributed by atoms with E-state index >= 15 is 0 Å². The fourth-order valence-corrected chi connectivity index (χ4v) is 2.69. The summed E-state index contributed by atoms with van der Waals surface area (Å²) in [6, 6.07) is 4.93. The maximum Gasteiger partial charge on any atom is 0.0239 e. The standard InChI is InChI=1S/C14H22N2/c1-10-6-11(2)14(12(3)7-10)9-16-5-4-13(15)8-16/h6-7,13H,4-5,8-9,15H2,1-3H3/t13-/m0/s1. The number of aryl methyl sites for hydroxylation is 3. The van der Waals surface area contributed by atoms with E-state index in [0.29, 0.717) is 6.04 Å². The molecule has 0 aromatic heterocycles. The molecule has 1 aliphatic heterocycles.